The van der Waals surface area contributed by atoms with Gasteiger partial charge in [0.1, 0.15) is 0 Å². The first-order chi connectivity index (χ1) is 11.1. The van der Waals surface area contributed by atoms with Gasteiger partial charge in [0.05, 0.1) is 16.1 Å². The first kappa shape index (κ1) is 14.8. The summed E-state index contributed by atoms with van der Waals surface area (Å²) in [7, 11) is 0. The Kier molecular flexibility index (Phi) is 3.66. The van der Waals surface area contributed by atoms with Crippen LogP contribution in [0.1, 0.15) is 30.0 Å². The van der Waals surface area contributed by atoms with Crippen LogP contribution in [0.3, 0.4) is 0 Å². The third kappa shape index (κ3) is 2.56. The van der Waals surface area contributed by atoms with E-state index >= 15 is 0 Å². The van der Waals surface area contributed by atoms with Gasteiger partial charge in [-0.25, -0.2) is 4.79 Å². The molecule has 2 aliphatic heterocycles. The lowest BCUT2D eigenvalue weighted by Crippen LogP contribution is -2.44. The molecule has 2 aromatic rings. The lowest BCUT2D eigenvalue weighted by atomic mass is 9.95. The van der Waals surface area contributed by atoms with Crippen molar-refractivity contribution in [2.45, 2.75) is 31.3 Å². The summed E-state index contributed by atoms with van der Waals surface area (Å²) >= 11 is 11.9. The highest BCUT2D eigenvalue weighted by Crippen LogP contribution is 2.43. The Morgan fingerprint density at radius 1 is 1.22 bits per heavy atom. The fraction of sp³-hybridized carbons (Fsp3) is 0.294. The van der Waals surface area contributed by atoms with E-state index in [1.807, 2.05) is 17.3 Å². The van der Waals surface area contributed by atoms with Crippen LogP contribution in [-0.4, -0.2) is 22.0 Å². The molecule has 0 aliphatic carbocycles. The summed E-state index contributed by atoms with van der Waals surface area (Å²) in [5.41, 5.74) is 3.14. The van der Waals surface area contributed by atoms with Gasteiger partial charge in [-0.3, -0.25) is 4.98 Å². The molecule has 2 atom stereocenters. The van der Waals surface area contributed by atoms with Gasteiger partial charge in [-0.2, -0.15) is 0 Å². The molecule has 1 saturated heterocycles. The summed E-state index contributed by atoms with van der Waals surface area (Å²) in [6.45, 7) is 0. The molecule has 0 unspecified atom stereocenters. The van der Waals surface area contributed by atoms with Crippen LogP contribution in [0.4, 0.5) is 10.5 Å². The highest BCUT2D eigenvalue weighted by Gasteiger charge is 2.42. The average molecular weight is 348 g/mol. The molecule has 0 radical (unpaired) electrons. The van der Waals surface area contributed by atoms with Crippen molar-refractivity contribution in [1.29, 1.82) is 0 Å². The van der Waals surface area contributed by atoms with E-state index in [4.69, 9.17) is 23.2 Å². The zero-order valence-corrected chi connectivity index (χ0v) is 13.8. The number of rotatable bonds is 1. The van der Waals surface area contributed by atoms with E-state index in [2.05, 4.69) is 16.4 Å². The molecule has 0 saturated carbocycles. The molecule has 1 aromatic heterocycles. The Morgan fingerprint density at radius 3 is 2.91 bits per heavy atom. The van der Waals surface area contributed by atoms with Crippen molar-refractivity contribution in [2.24, 2.45) is 0 Å². The molecule has 23 heavy (non-hydrogen) atoms. The Bertz CT molecular complexity index is 780. The highest BCUT2D eigenvalue weighted by molar-refractivity contribution is 6.42. The molecule has 4 rings (SSSR count). The number of halogens is 2. The van der Waals surface area contributed by atoms with Gasteiger partial charge in [0.25, 0.3) is 0 Å². The second-order valence-corrected chi connectivity index (χ2v) is 6.81. The fourth-order valence-corrected chi connectivity index (χ4v) is 3.93. The van der Waals surface area contributed by atoms with E-state index in [0.717, 1.165) is 19.3 Å². The van der Waals surface area contributed by atoms with Gasteiger partial charge in [0.15, 0.2) is 0 Å². The number of nitrogens with zero attached hydrogens (tertiary/aromatic N) is 2. The van der Waals surface area contributed by atoms with Gasteiger partial charge >= 0.3 is 6.03 Å². The summed E-state index contributed by atoms with van der Waals surface area (Å²) < 4.78 is 0. The fourth-order valence-electron chi connectivity index (χ4n) is 3.63. The van der Waals surface area contributed by atoms with E-state index in [0.29, 0.717) is 15.7 Å². The van der Waals surface area contributed by atoms with Gasteiger partial charge < -0.3 is 10.2 Å². The van der Waals surface area contributed by atoms with Crippen molar-refractivity contribution in [3.63, 3.8) is 0 Å². The number of hydrogen-bond donors (Lipinski definition) is 1. The van der Waals surface area contributed by atoms with Crippen LogP contribution < -0.4 is 5.32 Å². The third-order valence-electron chi connectivity index (χ3n) is 4.67. The summed E-state index contributed by atoms with van der Waals surface area (Å²) in [5.74, 6) is 0. The standard InChI is InChI=1S/C17H15Cl2N3O/c18-14-3-1-11(8-15(14)19)21-17(23)22-12-2-4-16(22)13-9-20-6-5-10(13)7-12/h1,3,5-6,8-9,12,16H,2,4,7H2,(H,21,23)/t12-,16+/m0/s1. The Labute approximate surface area is 144 Å². The maximum atomic E-state index is 12.8. The monoisotopic (exact) mass is 347 g/mol. The van der Waals surface area contributed by atoms with Crippen LogP contribution >= 0.6 is 23.2 Å². The Hall–Kier alpha value is -1.78. The molecule has 6 heteroatoms. The molecule has 1 fully saturated rings. The number of aromatic nitrogens is 1. The maximum absolute atomic E-state index is 12.8. The minimum atomic E-state index is -0.0922. The Morgan fingerprint density at radius 2 is 2.09 bits per heavy atom. The number of urea groups is 1. The zero-order valence-electron chi connectivity index (χ0n) is 12.3. The van der Waals surface area contributed by atoms with Gasteiger partial charge in [0, 0.05) is 24.1 Å². The number of pyridine rings is 1. The van der Waals surface area contributed by atoms with Gasteiger partial charge in [-0.1, -0.05) is 23.2 Å². The van der Waals surface area contributed by atoms with E-state index in [9.17, 15) is 4.79 Å². The lowest BCUT2D eigenvalue weighted by Gasteiger charge is -2.36. The van der Waals surface area contributed by atoms with E-state index in [1.165, 1.54) is 11.1 Å². The first-order valence-electron chi connectivity index (χ1n) is 7.60. The predicted molar refractivity (Wildman–Crippen MR) is 91.0 cm³/mol. The van der Waals surface area contributed by atoms with Gasteiger partial charge in [-0.05, 0) is 54.7 Å². The molecule has 1 aromatic carbocycles. The second kappa shape index (κ2) is 5.69. The van der Waals surface area contributed by atoms with Crippen molar-refractivity contribution in [1.82, 2.24) is 9.88 Å². The largest absolute Gasteiger partial charge is 0.322 e. The summed E-state index contributed by atoms with van der Waals surface area (Å²) in [6, 6.07) is 7.44. The van der Waals surface area contributed by atoms with Gasteiger partial charge in [-0.15, -0.1) is 0 Å². The molecular weight excluding hydrogens is 333 g/mol. The second-order valence-electron chi connectivity index (χ2n) is 5.99. The van der Waals surface area contributed by atoms with E-state index in [1.54, 1.807) is 18.2 Å². The summed E-state index contributed by atoms with van der Waals surface area (Å²) in [6.07, 6.45) is 6.61. The average Bonchev–Trinajstić information content (AvgIpc) is 2.86. The SMILES string of the molecule is O=C(Nc1ccc(Cl)c(Cl)c1)N1[C@H]2CC[C@@H]1c1cnccc1C2. The number of fused-ring (bicyclic) bond motifs is 4. The number of benzene rings is 1. The van der Waals surface area contributed by atoms with Gasteiger partial charge in [0.2, 0.25) is 0 Å². The van der Waals surface area contributed by atoms with E-state index in [-0.39, 0.29) is 18.1 Å². The van der Waals surface area contributed by atoms with Crippen molar-refractivity contribution < 1.29 is 4.79 Å². The highest BCUT2D eigenvalue weighted by atomic mass is 35.5. The topological polar surface area (TPSA) is 45.2 Å². The molecular formula is C17H15Cl2N3O. The molecule has 118 valence electrons. The zero-order chi connectivity index (χ0) is 16.0. The minimum Gasteiger partial charge on any atom is -0.314 e. The predicted octanol–water partition coefficient (Wildman–Crippen LogP) is 4.68. The molecule has 2 bridgehead atoms. The smallest absolute Gasteiger partial charge is 0.314 e. The molecule has 2 aliphatic rings. The van der Waals surface area contributed by atoms with Crippen LogP contribution in [0.2, 0.25) is 10.0 Å². The molecule has 1 N–H and O–H groups in total. The third-order valence-corrected chi connectivity index (χ3v) is 5.41. The van der Waals surface area contributed by atoms with Crippen molar-refractivity contribution in [3.8, 4) is 0 Å². The van der Waals surface area contributed by atoms with Crippen molar-refractivity contribution in [3.05, 3.63) is 57.8 Å². The quantitative estimate of drug-likeness (QED) is 0.813. The molecule has 2 amide bonds. The first-order valence-corrected chi connectivity index (χ1v) is 8.36. The normalized spacial score (nSPS) is 21.9. The van der Waals surface area contributed by atoms with Crippen LogP contribution in [0.5, 0.6) is 0 Å². The Balaban J connectivity index is 1.59. The lowest BCUT2D eigenvalue weighted by molar-refractivity contribution is 0.179. The van der Waals surface area contributed by atoms with Crippen LogP contribution in [0, 0.1) is 0 Å². The van der Waals surface area contributed by atoms with Crippen LogP contribution in [0.25, 0.3) is 0 Å². The van der Waals surface area contributed by atoms with Crippen LogP contribution in [-0.2, 0) is 6.42 Å². The number of hydrogen-bond acceptors (Lipinski definition) is 2. The summed E-state index contributed by atoms with van der Waals surface area (Å²) in [5, 5.41) is 3.84. The minimum absolute atomic E-state index is 0.0922. The molecule has 0 spiro atoms. The van der Waals surface area contributed by atoms with Crippen molar-refractivity contribution in [2.75, 3.05) is 5.32 Å². The maximum Gasteiger partial charge on any atom is 0.322 e. The number of nitrogens with one attached hydrogen (secondary N) is 1. The number of carbonyl (C=O) groups excluding carboxylic acids is 1. The molecule has 3 heterocycles. The number of anilines is 1. The number of carbonyl (C=O) groups is 1. The summed E-state index contributed by atoms with van der Waals surface area (Å²) in [4.78, 5) is 18.9. The van der Waals surface area contributed by atoms with Crippen molar-refractivity contribution >= 4 is 34.9 Å². The van der Waals surface area contributed by atoms with Crippen LogP contribution in [0.15, 0.2) is 36.7 Å². The van der Waals surface area contributed by atoms with E-state index < -0.39 is 0 Å². The molecule has 4 nitrogen and oxygen atoms in total. The number of amides is 2.